The number of ether oxygens (including phenoxy) is 1. The third-order valence-electron chi connectivity index (χ3n) is 3.25. The maximum atomic E-state index is 5.07. The summed E-state index contributed by atoms with van der Waals surface area (Å²) in [6.07, 6.45) is 6.97. The number of nitrogens with zero attached hydrogens (tertiary/aromatic N) is 4. The molecule has 116 valence electrons. The van der Waals surface area contributed by atoms with Gasteiger partial charge in [-0.3, -0.25) is 9.97 Å². The van der Waals surface area contributed by atoms with E-state index in [-0.39, 0.29) is 0 Å². The molecule has 0 amide bonds. The summed E-state index contributed by atoms with van der Waals surface area (Å²) < 4.78 is 5.07. The highest BCUT2D eigenvalue weighted by atomic mass is 16.5. The van der Waals surface area contributed by atoms with E-state index >= 15 is 0 Å². The molecular weight excluding hydrogens is 290 g/mol. The summed E-state index contributed by atoms with van der Waals surface area (Å²) in [4.78, 5) is 17.3. The van der Waals surface area contributed by atoms with Gasteiger partial charge in [0.15, 0.2) is 5.82 Å². The van der Waals surface area contributed by atoms with Crippen LogP contribution in [0.3, 0.4) is 0 Å². The lowest BCUT2D eigenvalue weighted by molar-refractivity contribution is 0.210. The summed E-state index contributed by atoms with van der Waals surface area (Å²) in [6.45, 7) is 1.29. The van der Waals surface area contributed by atoms with Crippen molar-refractivity contribution in [1.82, 2.24) is 19.9 Å². The number of hydrogen-bond acceptors (Lipinski definition) is 6. The highest BCUT2D eigenvalue weighted by molar-refractivity contribution is 5.66. The van der Waals surface area contributed by atoms with Gasteiger partial charge in [0.2, 0.25) is 0 Å². The van der Waals surface area contributed by atoms with E-state index < -0.39 is 0 Å². The molecule has 0 aliphatic heterocycles. The molecule has 1 N–H and O–H groups in total. The second-order valence-corrected chi connectivity index (χ2v) is 4.85. The molecular formula is C17H17N5O. The van der Waals surface area contributed by atoms with Crippen LogP contribution in [0.2, 0.25) is 0 Å². The fraction of sp³-hybridized carbons (Fsp3) is 0.176. The molecule has 0 fully saturated rings. The smallest absolute Gasteiger partial charge is 0.162 e. The molecule has 0 aliphatic rings. The minimum absolute atomic E-state index is 0.610. The number of hydrogen-bond donors (Lipinski definition) is 1. The molecule has 3 aromatic heterocycles. The van der Waals surface area contributed by atoms with Gasteiger partial charge in [0, 0.05) is 55.6 Å². The van der Waals surface area contributed by atoms with Crippen LogP contribution in [0.1, 0.15) is 0 Å². The molecule has 0 saturated carbocycles. The summed E-state index contributed by atoms with van der Waals surface area (Å²) in [5.41, 5.74) is 2.76. The van der Waals surface area contributed by atoms with Crippen LogP contribution < -0.4 is 5.32 Å². The first-order valence-corrected chi connectivity index (χ1v) is 7.29. The normalized spacial score (nSPS) is 10.5. The third-order valence-corrected chi connectivity index (χ3v) is 3.25. The Hall–Kier alpha value is -2.86. The van der Waals surface area contributed by atoms with E-state index in [0.717, 1.165) is 22.6 Å². The van der Waals surface area contributed by atoms with Gasteiger partial charge in [-0.25, -0.2) is 9.97 Å². The van der Waals surface area contributed by atoms with Crippen LogP contribution in [0.15, 0.2) is 55.1 Å². The fourth-order valence-corrected chi connectivity index (χ4v) is 2.12. The Morgan fingerprint density at radius 2 is 1.57 bits per heavy atom. The Balaban J connectivity index is 2.00. The third kappa shape index (κ3) is 3.87. The predicted octanol–water partition coefficient (Wildman–Crippen LogP) is 2.66. The first kappa shape index (κ1) is 15.1. The number of aromatic nitrogens is 4. The molecule has 0 saturated heterocycles. The largest absolute Gasteiger partial charge is 0.383 e. The van der Waals surface area contributed by atoms with Crippen molar-refractivity contribution in [3.8, 4) is 22.6 Å². The summed E-state index contributed by atoms with van der Waals surface area (Å²) in [5.74, 6) is 1.41. The molecule has 0 bridgehead atoms. The van der Waals surface area contributed by atoms with E-state index in [1.165, 1.54) is 0 Å². The first-order valence-electron chi connectivity index (χ1n) is 7.29. The molecule has 3 aromatic rings. The van der Waals surface area contributed by atoms with Crippen LogP contribution in [0, 0.1) is 0 Å². The van der Waals surface area contributed by atoms with Crippen molar-refractivity contribution in [3.05, 3.63) is 55.1 Å². The molecule has 3 heterocycles. The average molecular weight is 307 g/mol. The lowest BCUT2D eigenvalue weighted by Crippen LogP contribution is -2.09. The van der Waals surface area contributed by atoms with Gasteiger partial charge in [-0.2, -0.15) is 0 Å². The van der Waals surface area contributed by atoms with Crippen molar-refractivity contribution in [2.24, 2.45) is 0 Å². The molecule has 0 radical (unpaired) electrons. The van der Waals surface area contributed by atoms with E-state index in [4.69, 9.17) is 4.74 Å². The molecule has 0 aliphatic carbocycles. The van der Waals surface area contributed by atoms with Crippen molar-refractivity contribution < 1.29 is 4.74 Å². The van der Waals surface area contributed by atoms with Crippen molar-refractivity contribution in [2.45, 2.75) is 0 Å². The molecule has 6 heteroatoms. The van der Waals surface area contributed by atoms with Crippen LogP contribution in [0.4, 0.5) is 5.82 Å². The van der Waals surface area contributed by atoms with Crippen LogP contribution in [-0.4, -0.2) is 40.2 Å². The van der Waals surface area contributed by atoms with Gasteiger partial charge in [-0.05, 0) is 24.3 Å². The van der Waals surface area contributed by atoms with E-state index in [2.05, 4.69) is 25.3 Å². The molecule has 0 unspecified atom stereocenters. The predicted molar refractivity (Wildman–Crippen MR) is 88.9 cm³/mol. The van der Waals surface area contributed by atoms with Gasteiger partial charge in [0.25, 0.3) is 0 Å². The van der Waals surface area contributed by atoms with E-state index in [1.807, 2.05) is 30.3 Å². The lowest BCUT2D eigenvalue weighted by Gasteiger charge is -2.10. The lowest BCUT2D eigenvalue weighted by atomic mass is 10.1. The van der Waals surface area contributed by atoms with Crippen molar-refractivity contribution >= 4 is 5.82 Å². The van der Waals surface area contributed by atoms with Gasteiger partial charge in [-0.1, -0.05) is 0 Å². The van der Waals surface area contributed by atoms with Gasteiger partial charge in [0.1, 0.15) is 5.82 Å². The minimum atomic E-state index is 0.610. The van der Waals surface area contributed by atoms with Gasteiger partial charge in [0.05, 0.1) is 12.3 Å². The standard InChI is InChI=1S/C17H17N5O/c1-23-11-10-20-16-12-15(13-2-6-18-7-3-13)21-17(22-16)14-4-8-19-9-5-14/h2-9,12H,10-11H2,1H3,(H,20,21,22). The Kier molecular flexibility index (Phi) is 4.85. The van der Waals surface area contributed by atoms with E-state index in [0.29, 0.717) is 19.0 Å². The van der Waals surface area contributed by atoms with Crippen LogP contribution in [0.5, 0.6) is 0 Å². The van der Waals surface area contributed by atoms with Crippen molar-refractivity contribution in [1.29, 1.82) is 0 Å². The van der Waals surface area contributed by atoms with Crippen molar-refractivity contribution in [2.75, 3.05) is 25.6 Å². The number of nitrogens with one attached hydrogen (secondary N) is 1. The molecule has 0 atom stereocenters. The summed E-state index contributed by atoms with van der Waals surface area (Å²) in [6, 6.07) is 9.57. The summed E-state index contributed by atoms with van der Waals surface area (Å²) in [7, 11) is 1.67. The first-order chi connectivity index (χ1) is 11.4. The highest BCUT2D eigenvalue weighted by Gasteiger charge is 2.08. The topological polar surface area (TPSA) is 72.8 Å². The van der Waals surface area contributed by atoms with Crippen molar-refractivity contribution in [3.63, 3.8) is 0 Å². The monoisotopic (exact) mass is 307 g/mol. The zero-order valence-corrected chi connectivity index (χ0v) is 12.8. The summed E-state index contributed by atoms with van der Waals surface area (Å²) >= 11 is 0. The maximum absolute atomic E-state index is 5.07. The molecule has 3 rings (SSSR count). The molecule has 23 heavy (non-hydrogen) atoms. The molecule has 0 spiro atoms. The van der Waals surface area contributed by atoms with Crippen LogP contribution in [0.25, 0.3) is 22.6 Å². The van der Waals surface area contributed by atoms with Gasteiger partial charge in [-0.15, -0.1) is 0 Å². The zero-order chi connectivity index (χ0) is 15.9. The number of pyridine rings is 2. The highest BCUT2D eigenvalue weighted by Crippen LogP contribution is 2.23. The van der Waals surface area contributed by atoms with E-state index in [9.17, 15) is 0 Å². The molecule has 6 nitrogen and oxygen atoms in total. The number of anilines is 1. The van der Waals surface area contributed by atoms with Gasteiger partial charge >= 0.3 is 0 Å². The quantitative estimate of drug-likeness (QED) is 0.706. The fourth-order valence-electron chi connectivity index (χ4n) is 2.12. The van der Waals surface area contributed by atoms with Crippen LogP contribution in [-0.2, 0) is 4.74 Å². The Bertz CT molecular complexity index is 692. The SMILES string of the molecule is COCCNc1cc(-c2ccncc2)nc(-c2ccncc2)n1. The maximum Gasteiger partial charge on any atom is 0.162 e. The Morgan fingerprint density at radius 1 is 0.913 bits per heavy atom. The van der Waals surface area contributed by atoms with Crippen LogP contribution >= 0.6 is 0 Å². The van der Waals surface area contributed by atoms with E-state index in [1.54, 1.807) is 31.9 Å². The molecule has 0 aromatic carbocycles. The Labute approximate surface area is 134 Å². The second-order valence-electron chi connectivity index (χ2n) is 4.85. The van der Waals surface area contributed by atoms with Gasteiger partial charge < -0.3 is 10.1 Å². The Morgan fingerprint density at radius 3 is 2.22 bits per heavy atom. The summed E-state index contributed by atoms with van der Waals surface area (Å²) in [5, 5.41) is 3.26. The number of methoxy groups -OCH3 is 1. The number of rotatable bonds is 6. The second kappa shape index (κ2) is 7.42. The minimum Gasteiger partial charge on any atom is -0.383 e. The average Bonchev–Trinajstić information content (AvgIpc) is 2.63. The zero-order valence-electron chi connectivity index (χ0n) is 12.8.